The summed E-state index contributed by atoms with van der Waals surface area (Å²) in [6.07, 6.45) is 0. The first-order chi connectivity index (χ1) is 10.0. The molecule has 0 spiro atoms. The molecule has 2 aromatic carbocycles. The fourth-order valence-electron chi connectivity index (χ4n) is 1.87. The van der Waals surface area contributed by atoms with Crippen LogP contribution in [0.2, 0.25) is 0 Å². The van der Waals surface area contributed by atoms with Crippen molar-refractivity contribution in [3.05, 3.63) is 69.5 Å². The lowest BCUT2D eigenvalue weighted by Gasteiger charge is -2.09. The molecule has 21 heavy (non-hydrogen) atoms. The van der Waals surface area contributed by atoms with E-state index in [4.69, 9.17) is 4.74 Å². The van der Waals surface area contributed by atoms with E-state index in [0.29, 0.717) is 5.56 Å². The Morgan fingerprint density at radius 3 is 2.62 bits per heavy atom. The Balaban J connectivity index is 2.19. The highest BCUT2D eigenvalue weighted by molar-refractivity contribution is 5.97. The molecule has 6 heteroatoms. The quantitative estimate of drug-likeness (QED) is 0.481. The van der Waals surface area contributed by atoms with E-state index < -0.39 is 23.1 Å². The third-order valence-electron chi connectivity index (χ3n) is 2.91. The maximum Gasteiger partial charge on any atom is 0.311 e. The first-order valence-electron chi connectivity index (χ1n) is 6.15. The second-order valence-corrected chi connectivity index (χ2v) is 4.37. The number of carbonyl (C=O) groups excluding carboxylic acids is 1. The van der Waals surface area contributed by atoms with Gasteiger partial charge in [0.25, 0.3) is 0 Å². The van der Waals surface area contributed by atoms with Crippen LogP contribution in [0.25, 0.3) is 0 Å². The molecule has 0 aliphatic heterocycles. The van der Waals surface area contributed by atoms with Gasteiger partial charge in [0.1, 0.15) is 5.82 Å². The number of hydrogen-bond acceptors (Lipinski definition) is 4. The Hall–Kier alpha value is -2.76. The van der Waals surface area contributed by atoms with Crippen molar-refractivity contribution in [2.75, 3.05) is 6.61 Å². The fourth-order valence-corrected chi connectivity index (χ4v) is 1.87. The lowest BCUT2D eigenvalue weighted by molar-refractivity contribution is -0.385. The van der Waals surface area contributed by atoms with E-state index in [9.17, 15) is 19.3 Å². The Morgan fingerprint density at radius 2 is 1.95 bits per heavy atom. The standard InChI is InChI=1S/C15H12FNO4/c1-10-5-4-8-13(17(19)20)15(10)21-9-14(18)11-6-2-3-7-12(11)16/h2-8H,9H2,1H3. The van der Waals surface area contributed by atoms with Crippen LogP contribution >= 0.6 is 0 Å². The molecule has 108 valence electrons. The fraction of sp³-hybridized carbons (Fsp3) is 0.133. The van der Waals surface area contributed by atoms with Gasteiger partial charge in [0.2, 0.25) is 11.5 Å². The number of ether oxygens (including phenoxy) is 1. The molecule has 0 radical (unpaired) electrons. The molecule has 2 rings (SSSR count). The number of rotatable bonds is 5. The summed E-state index contributed by atoms with van der Waals surface area (Å²) in [5, 5.41) is 10.9. The van der Waals surface area contributed by atoms with Gasteiger partial charge in [-0.25, -0.2) is 4.39 Å². The molecule has 0 heterocycles. The van der Waals surface area contributed by atoms with Crippen molar-refractivity contribution in [2.45, 2.75) is 6.92 Å². The van der Waals surface area contributed by atoms with Gasteiger partial charge in [0.15, 0.2) is 6.61 Å². The number of halogens is 1. The van der Waals surface area contributed by atoms with Gasteiger partial charge in [-0.05, 0) is 24.6 Å². The minimum Gasteiger partial charge on any atom is -0.478 e. The lowest BCUT2D eigenvalue weighted by atomic mass is 10.1. The number of Topliss-reactive ketones (excluding diaryl/α,β-unsaturated/α-hetero) is 1. The van der Waals surface area contributed by atoms with Crippen LogP contribution in [0.15, 0.2) is 42.5 Å². The van der Waals surface area contributed by atoms with Crippen molar-refractivity contribution < 1.29 is 18.8 Å². The van der Waals surface area contributed by atoms with E-state index in [1.165, 1.54) is 36.4 Å². The van der Waals surface area contributed by atoms with Crippen molar-refractivity contribution in [1.82, 2.24) is 0 Å². The summed E-state index contributed by atoms with van der Waals surface area (Å²) < 4.78 is 18.7. The summed E-state index contributed by atoms with van der Waals surface area (Å²) >= 11 is 0. The Bertz CT molecular complexity index is 700. The monoisotopic (exact) mass is 289 g/mol. The molecular formula is C15H12FNO4. The van der Waals surface area contributed by atoms with Crippen LogP contribution in [0.1, 0.15) is 15.9 Å². The van der Waals surface area contributed by atoms with Crippen LogP contribution in [0.5, 0.6) is 5.75 Å². The van der Waals surface area contributed by atoms with Crippen LogP contribution in [0.4, 0.5) is 10.1 Å². The predicted octanol–water partition coefficient (Wildman–Crippen LogP) is 3.30. The number of nitro groups is 1. The van der Waals surface area contributed by atoms with Crippen molar-refractivity contribution >= 4 is 11.5 Å². The molecule has 0 fully saturated rings. The number of nitro benzene ring substituents is 1. The zero-order valence-electron chi connectivity index (χ0n) is 11.2. The molecule has 0 saturated carbocycles. The van der Waals surface area contributed by atoms with Gasteiger partial charge >= 0.3 is 5.69 Å². The largest absolute Gasteiger partial charge is 0.478 e. The molecule has 0 bridgehead atoms. The Labute approximate surface area is 120 Å². The zero-order chi connectivity index (χ0) is 15.4. The van der Waals surface area contributed by atoms with Crippen LogP contribution < -0.4 is 4.74 Å². The first-order valence-corrected chi connectivity index (χ1v) is 6.15. The van der Waals surface area contributed by atoms with Crippen molar-refractivity contribution in [3.8, 4) is 5.75 Å². The molecule has 0 aliphatic rings. The van der Waals surface area contributed by atoms with E-state index in [1.807, 2.05) is 0 Å². The van der Waals surface area contributed by atoms with E-state index in [1.54, 1.807) is 13.0 Å². The van der Waals surface area contributed by atoms with Gasteiger partial charge in [-0.2, -0.15) is 0 Å². The second-order valence-electron chi connectivity index (χ2n) is 4.37. The summed E-state index contributed by atoms with van der Waals surface area (Å²) in [5.74, 6) is -1.21. The summed E-state index contributed by atoms with van der Waals surface area (Å²) in [7, 11) is 0. The van der Waals surface area contributed by atoms with Crippen LogP contribution in [-0.4, -0.2) is 17.3 Å². The van der Waals surface area contributed by atoms with Crippen LogP contribution in [-0.2, 0) is 0 Å². The zero-order valence-corrected chi connectivity index (χ0v) is 11.2. The van der Waals surface area contributed by atoms with Crippen molar-refractivity contribution in [3.63, 3.8) is 0 Å². The average Bonchev–Trinajstić information content (AvgIpc) is 2.45. The average molecular weight is 289 g/mol. The molecule has 0 N–H and O–H groups in total. The van der Waals surface area contributed by atoms with Gasteiger partial charge in [-0.3, -0.25) is 14.9 Å². The van der Waals surface area contributed by atoms with Gasteiger partial charge in [-0.15, -0.1) is 0 Å². The van der Waals surface area contributed by atoms with Crippen molar-refractivity contribution in [1.29, 1.82) is 0 Å². The number of hydrogen-bond donors (Lipinski definition) is 0. The predicted molar refractivity (Wildman–Crippen MR) is 74.1 cm³/mol. The second kappa shape index (κ2) is 6.13. The van der Waals surface area contributed by atoms with Crippen LogP contribution in [0, 0.1) is 22.9 Å². The number of carbonyl (C=O) groups is 1. The van der Waals surface area contributed by atoms with Gasteiger partial charge in [0.05, 0.1) is 10.5 Å². The molecule has 0 saturated heterocycles. The SMILES string of the molecule is Cc1cccc([N+](=O)[O-])c1OCC(=O)c1ccccc1F. The molecule has 5 nitrogen and oxygen atoms in total. The van der Waals surface area contributed by atoms with Gasteiger partial charge < -0.3 is 4.74 Å². The summed E-state index contributed by atoms with van der Waals surface area (Å²) in [6.45, 7) is 1.17. The maximum absolute atomic E-state index is 13.5. The number of nitrogens with zero attached hydrogens (tertiary/aromatic N) is 1. The molecule has 0 unspecified atom stereocenters. The molecule has 0 aliphatic carbocycles. The molecule has 0 amide bonds. The summed E-state index contributed by atoms with van der Waals surface area (Å²) in [6, 6.07) is 9.97. The van der Waals surface area contributed by atoms with Crippen LogP contribution in [0.3, 0.4) is 0 Å². The van der Waals surface area contributed by atoms with E-state index >= 15 is 0 Å². The number of ketones is 1. The molecule has 0 atom stereocenters. The smallest absolute Gasteiger partial charge is 0.311 e. The highest BCUT2D eigenvalue weighted by Crippen LogP contribution is 2.30. The minimum atomic E-state index is -0.648. The lowest BCUT2D eigenvalue weighted by Crippen LogP contribution is -2.14. The Kier molecular flexibility index (Phi) is 4.27. The third kappa shape index (κ3) is 3.22. The molecular weight excluding hydrogens is 277 g/mol. The first kappa shape index (κ1) is 14.6. The van der Waals surface area contributed by atoms with Gasteiger partial charge in [-0.1, -0.05) is 24.3 Å². The van der Waals surface area contributed by atoms with Crippen molar-refractivity contribution in [2.24, 2.45) is 0 Å². The maximum atomic E-state index is 13.5. The van der Waals surface area contributed by atoms with E-state index in [-0.39, 0.29) is 17.0 Å². The topological polar surface area (TPSA) is 69.4 Å². The number of aryl methyl sites for hydroxylation is 1. The summed E-state index contributed by atoms with van der Waals surface area (Å²) in [5.41, 5.74) is 0.204. The van der Waals surface area contributed by atoms with E-state index in [0.717, 1.165) is 0 Å². The minimum absolute atomic E-state index is 0.0205. The normalized spacial score (nSPS) is 10.2. The Morgan fingerprint density at radius 1 is 1.24 bits per heavy atom. The third-order valence-corrected chi connectivity index (χ3v) is 2.91. The highest BCUT2D eigenvalue weighted by Gasteiger charge is 2.19. The number of benzene rings is 2. The summed E-state index contributed by atoms with van der Waals surface area (Å²) in [4.78, 5) is 22.2. The van der Waals surface area contributed by atoms with E-state index in [2.05, 4.69) is 0 Å². The highest BCUT2D eigenvalue weighted by atomic mass is 19.1. The molecule has 2 aromatic rings. The number of para-hydroxylation sites is 1. The van der Waals surface area contributed by atoms with Gasteiger partial charge in [0, 0.05) is 6.07 Å². The molecule has 0 aromatic heterocycles.